The van der Waals surface area contributed by atoms with Crippen LogP contribution in [0.15, 0.2) is 29.7 Å². The molecular weight excluding hydrogens is 320 g/mol. The minimum absolute atomic E-state index is 0.128. The average molecular weight is 338 g/mol. The lowest BCUT2D eigenvalue weighted by Gasteiger charge is -2.33. The largest absolute Gasteiger partial charge is 0.336 e. The van der Waals surface area contributed by atoms with Crippen molar-refractivity contribution >= 4 is 15.9 Å². The topological polar surface area (TPSA) is 93.3 Å². The van der Waals surface area contributed by atoms with Crippen LogP contribution in [0, 0.1) is 0 Å². The number of sulfonamides is 1. The van der Waals surface area contributed by atoms with E-state index in [1.807, 2.05) is 0 Å². The first-order chi connectivity index (χ1) is 10.9. The number of aromatic nitrogens is 4. The molecule has 0 unspecified atom stereocenters. The van der Waals surface area contributed by atoms with Gasteiger partial charge in [-0.2, -0.15) is 14.5 Å². The maximum Gasteiger partial charge on any atom is 0.257 e. The van der Waals surface area contributed by atoms with E-state index in [1.165, 1.54) is 27.6 Å². The molecule has 0 aromatic carbocycles. The maximum atomic E-state index is 12.5. The van der Waals surface area contributed by atoms with Crippen molar-refractivity contribution in [2.24, 2.45) is 14.1 Å². The Morgan fingerprint density at radius 2 is 1.61 bits per heavy atom. The van der Waals surface area contributed by atoms with Crippen LogP contribution in [0.1, 0.15) is 10.4 Å². The molecule has 0 radical (unpaired) electrons. The third kappa shape index (κ3) is 2.99. The van der Waals surface area contributed by atoms with Gasteiger partial charge >= 0.3 is 0 Å². The van der Waals surface area contributed by atoms with Gasteiger partial charge in [0.15, 0.2) is 0 Å². The summed E-state index contributed by atoms with van der Waals surface area (Å²) < 4.78 is 29.4. The van der Waals surface area contributed by atoms with Crippen molar-refractivity contribution in [1.82, 2.24) is 28.8 Å². The molecule has 1 fully saturated rings. The lowest BCUT2D eigenvalue weighted by Crippen LogP contribution is -2.50. The van der Waals surface area contributed by atoms with Crippen LogP contribution in [-0.2, 0) is 24.1 Å². The summed E-state index contributed by atoms with van der Waals surface area (Å²) in [6, 6.07) is 0. The van der Waals surface area contributed by atoms with E-state index >= 15 is 0 Å². The Labute approximate surface area is 134 Å². The Morgan fingerprint density at radius 1 is 1.00 bits per heavy atom. The number of aryl methyl sites for hydroxylation is 2. The molecule has 0 atom stereocenters. The molecule has 1 aliphatic rings. The van der Waals surface area contributed by atoms with Gasteiger partial charge in [0.05, 0.1) is 18.0 Å². The van der Waals surface area contributed by atoms with Gasteiger partial charge in [-0.25, -0.2) is 8.42 Å². The first-order valence-electron chi connectivity index (χ1n) is 7.14. The summed E-state index contributed by atoms with van der Waals surface area (Å²) in [5.41, 5.74) is 0.510. The fourth-order valence-corrected chi connectivity index (χ4v) is 3.94. The zero-order valence-corrected chi connectivity index (χ0v) is 13.8. The van der Waals surface area contributed by atoms with Gasteiger partial charge in [0.1, 0.15) is 4.90 Å². The fourth-order valence-electron chi connectivity index (χ4n) is 2.53. The summed E-state index contributed by atoms with van der Waals surface area (Å²) in [5, 5.41) is 7.88. The van der Waals surface area contributed by atoms with E-state index in [4.69, 9.17) is 0 Å². The van der Waals surface area contributed by atoms with Crippen LogP contribution >= 0.6 is 0 Å². The van der Waals surface area contributed by atoms with E-state index in [9.17, 15) is 13.2 Å². The van der Waals surface area contributed by atoms with Crippen LogP contribution < -0.4 is 0 Å². The number of nitrogens with zero attached hydrogens (tertiary/aromatic N) is 6. The van der Waals surface area contributed by atoms with Crippen molar-refractivity contribution in [2.75, 3.05) is 26.2 Å². The van der Waals surface area contributed by atoms with Crippen molar-refractivity contribution in [3.63, 3.8) is 0 Å². The van der Waals surface area contributed by atoms with Gasteiger partial charge in [0.2, 0.25) is 10.0 Å². The molecule has 9 nitrogen and oxygen atoms in total. The number of rotatable bonds is 3. The third-order valence-electron chi connectivity index (χ3n) is 3.80. The highest BCUT2D eigenvalue weighted by Crippen LogP contribution is 2.17. The molecular formula is C13H18N6O3S. The standard InChI is InChI=1S/C13H18N6O3S/c1-16-9-11(7-14-16)13(20)18-3-5-19(6-4-18)23(21,22)12-8-15-17(2)10-12/h7-10H,3-6H2,1-2H3. The Bertz CT molecular complexity index is 816. The summed E-state index contributed by atoms with van der Waals surface area (Å²) in [7, 11) is -0.140. The highest BCUT2D eigenvalue weighted by molar-refractivity contribution is 7.89. The van der Waals surface area contributed by atoms with Crippen molar-refractivity contribution < 1.29 is 13.2 Å². The van der Waals surface area contributed by atoms with E-state index in [-0.39, 0.29) is 23.9 Å². The van der Waals surface area contributed by atoms with Gasteiger partial charge in [-0.3, -0.25) is 14.2 Å². The molecule has 23 heavy (non-hydrogen) atoms. The van der Waals surface area contributed by atoms with Gasteiger partial charge in [0.25, 0.3) is 5.91 Å². The van der Waals surface area contributed by atoms with Crippen molar-refractivity contribution in [1.29, 1.82) is 0 Å². The first-order valence-corrected chi connectivity index (χ1v) is 8.58. The molecule has 0 spiro atoms. The summed E-state index contributed by atoms with van der Waals surface area (Å²) >= 11 is 0. The number of amides is 1. The quantitative estimate of drug-likeness (QED) is 0.738. The smallest absolute Gasteiger partial charge is 0.257 e. The third-order valence-corrected chi connectivity index (χ3v) is 5.65. The zero-order chi connectivity index (χ0) is 16.6. The Hall–Kier alpha value is -2.20. The molecule has 0 aliphatic carbocycles. The number of carbonyl (C=O) groups excluding carboxylic acids is 1. The second-order valence-corrected chi connectivity index (χ2v) is 7.39. The average Bonchev–Trinajstić information content (AvgIpc) is 3.15. The van der Waals surface area contributed by atoms with Gasteiger partial charge in [0, 0.05) is 52.7 Å². The predicted molar refractivity (Wildman–Crippen MR) is 81.1 cm³/mol. The molecule has 0 bridgehead atoms. The Kier molecular flexibility index (Phi) is 3.94. The molecule has 0 N–H and O–H groups in total. The van der Waals surface area contributed by atoms with E-state index in [0.29, 0.717) is 18.7 Å². The van der Waals surface area contributed by atoms with Crippen LogP contribution in [0.4, 0.5) is 0 Å². The summed E-state index contributed by atoms with van der Waals surface area (Å²) in [6.07, 6.45) is 5.98. The molecule has 1 amide bonds. The molecule has 3 heterocycles. The van der Waals surface area contributed by atoms with Crippen molar-refractivity contribution in [3.05, 3.63) is 30.4 Å². The van der Waals surface area contributed by atoms with Gasteiger partial charge in [-0.05, 0) is 0 Å². The van der Waals surface area contributed by atoms with Gasteiger partial charge in [-0.1, -0.05) is 0 Å². The molecule has 1 saturated heterocycles. The lowest BCUT2D eigenvalue weighted by molar-refractivity contribution is 0.0698. The van der Waals surface area contributed by atoms with E-state index in [0.717, 1.165) is 0 Å². The molecule has 10 heteroatoms. The summed E-state index contributed by atoms with van der Waals surface area (Å²) in [6.45, 7) is 1.24. The van der Waals surface area contributed by atoms with E-state index in [2.05, 4.69) is 10.2 Å². The highest BCUT2D eigenvalue weighted by atomic mass is 32.2. The zero-order valence-electron chi connectivity index (χ0n) is 13.0. The number of carbonyl (C=O) groups is 1. The summed E-state index contributed by atoms with van der Waals surface area (Å²) in [4.78, 5) is 14.2. The van der Waals surface area contributed by atoms with E-state index in [1.54, 1.807) is 29.9 Å². The second kappa shape index (κ2) is 5.78. The maximum absolute atomic E-state index is 12.5. The van der Waals surface area contributed by atoms with Crippen LogP contribution in [0.2, 0.25) is 0 Å². The lowest BCUT2D eigenvalue weighted by atomic mass is 10.2. The molecule has 3 rings (SSSR count). The second-order valence-electron chi connectivity index (χ2n) is 5.45. The monoisotopic (exact) mass is 338 g/mol. The minimum atomic E-state index is -3.56. The van der Waals surface area contributed by atoms with Gasteiger partial charge in [-0.15, -0.1) is 0 Å². The van der Waals surface area contributed by atoms with Crippen LogP contribution in [-0.4, -0.2) is 69.3 Å². The molecule has 1 aliphatic heterocycles. The minimum Gasteiger partial charge on any atom is -0.336 e. The highest BCUT2D eigenvalue weighted by Gasteiger charge is 2.31. The first kappa shape index (κ1) is 15.7. The van der Waals surface area contributed by atoms with E-state index < -0.39 is 10.0 Å². The Balaban J connectivity index is 1.67. The number of piperazine rings is 1. The molecule has 124 valence electrons. The Morgan fingerprint density at radius 3 is 2.13 bits per heavy atom. The molecule has 2 aromatic heterocycles. The number of hydrogen-bond acceptors (Lipinski definition) is 5. The number of hydrogen-bond donors (Lipinski definition) is 0. The summed E-state index contributed by atoms with van der Waals surface area (Å²) in [5.74, 6) is -0.128. The van der Waals surface area contributed by atoms with Crippen LogP contribution in [0.3, 0.4) is 0 Å². The van der Waals surface area contributed by atoms with Crippen LogP contribution in [0.5, 0.6) is 0 Å². The molecule has 0 saturated carbocycles. The SMILES string of the molecule is Cn1cc(C(=O)N2CCN(S(=O)(=O)c3cnn(C)c3)CC2)cn1. The normalized spacial score (nSPS) is 16.7. The molecule has 2 aromatic rings. The van der Waals surface area contributed by atoms with Crippen molar-refractivity contribution in [2.45, 2.75) is 4.90 Å². The predicted octanol–water partition coefficient (Wildman–Crippen LogP) is -0.700. The van der Waals surface area contributed by atoms with Crippen molar-refractivity contribution in [3.8, 4) is 0 Å². The van der Waals surface area contributed by atoms with Crippen LogP contribution in [0.25, 0.3) is 0 Å². The fraction of sp³-hybridized carbons (Fsp3) is 0.462. The van der Waals surface area contributed by atoms with Gasteiger partial charge < -0.3 is 4.90 Å².